The number of aryl methyl sites for hydroxylation is 1. The van der Waals surface area contributed by atoms with Gasteiger partial charge in [-0.2, -0.15) is 0 Å². The standard InChI is InChI=1S/C10H13NO2/c11-5-7-2-1-6-3-9(12)10(13)4-8(6)7/h3-4,7,12-13H,1-2,5,11H2. The number of hydrogen-bond acceptors (Lipinski definition) is 3. The number of fused-ring (bicyclic) bond motifs is 1. The van der Waals surface area contributed by atoms with Gasteiger partial charge in [-0.25, -0.2) is 0 Å². The van der Waals surface area contributed by atoms with Crippen molar-refractivity contribution in [2.45, 2.75) is 18.8 Å². The Bertz CT molecular complexity index is 336. The Labute approximate surface area is 76.8 Å². The molecule has 13 heavy (non-hydrogen) atoms. The average molecular weight is 179 g/mol. The summed E-state index contributed by atoms with van der Waals surface area (Å²) >= 11 is 0. The van der Waals surface area contributed by atoms with E-state index in [0.29, 0.717) is 12.5 Å². The number of benzene rings is 1. The van der Waals surface area contributed by atoms with Gasteiger partial charge in [0.15, 0.2) is 11.5 Å². The molecule has 0 spiro atoms. The molecular formula is C10H13NO2. The fourth-order valence-electron chi connectivity index (χ4n) is 1.96. The molecule has 1 aromatic rings. The average Bonchev–Trinajstić information content (AvgIpc) is 2.48. The van der Waals surface area contributed by atoms with Gasteiger partial charge in [-0.1, -0.05) is 0 Å². The van der Waals surface area contributed by atoms with Crippen molar-refractivity contribution in [3.8, 4) is 11.5 Å². The molecule has 0 amide bonds. The topological polar surface area (TPSA) is 66.5 Å². The molecule has 3 nitrogen and oxygen atoms in total. The summed E-state index contributed by atoms with van der Waals surface area (Å²) in [7, 11) is 0. The summed E-state index contributed by atoms with van der Waals surface area (Å²) in [6.07, 6.45) is 1.97. The Hall–Kier alpha value is -1.22. The Morgan fingerprint density at radius 2 is 2.00 bits per heavy atom. The van der Waals surface area contributed by atoms with E-state index < -0.39 is 0 Å². The van der Waals surface area contributed by atoms with Gasteiger partial charge in [0.1, 0.15) is 0 Å². The Balaban J connectivity index is 2.47. The highest BCUT2D eigenvalue weighted by Gasteiger charge is 2.22. The first-order chi connectivity index (χ1) is 6.22. The van der Waals surface area contributed by atoms with Gasteiger partial charge >= 0.3 is 0 Å². The van der Waals surface area contributed by atoms with Crippen molar-refractivity contribution in [3.05, 3.63) is 23.3 Å². The maximum atomic E-state index is 9.31. The van der Waals surface area contributed by atoms with E-state index in [0.717, 1.165) is 24.0 Å². The van der Waals surface area contributed by atoms with Gasteiger partial charge in [-0.05, 0) is 48.6 Å². The smallest absolute Gasteiger partial charge is 0.157 e. The zero-order valence-corrected chi connectivity index (χ0v) is 7.33. The molecule has 0 bridgehead atoms. The molecule has 0 fully saturated rings. The summed E-state index contributed by atoms with van der Waals surface area (Å²) in [4.78, 5) is 0. The van der Waals surface area contributed by atoms with Gasteiger partial charge in [-0.3, -0.25) is 0 Å². The van der Waals surface area contributed by atoms with E-state index in [2.05, 4.69) is 0 Å². The fraction of sp³-hybridized carbons (Fsp3) is 0.400. The summed E-state index contributed by atoms with van der Waals surface area (Å²) < 4.78 is 0. The van der Waals surface area contributed by atoms with Crippen LogP contribution in [0.4, 0.5) is 0 Å². The third-order valence-electron chi connectivity index (χ3n) is 2.72. The lowest BCUT2D eigenvalue weighted by Gasteiger charge is -2.08. The van der Waals surface area contributed by atoms with Gasteiger partial charge in [0.2, 0.25) is 0 Å². The second-order valence-electron chi connectivity index (χ2n) is 3.51. The lowest BCUT2D eigenvalue weighted by atomic mass is 10.0. The van der Waals surface area contributed by atoms with E-state index in [1.54, 1.807) is 12.1 Å². The number of nitrogens with two attached hydrogens (primary N) is 1. The molecule has 1 aromatic carbocycles. The van der Waals surface area contributed by atoms with Gasteiger partial charge in [-0.15, -0.1) is 0 Å². The molecule has 4 N–H and O–H groups in total. The quantitative estimate of drug-likeness (QED) is 0.565. The minimum atomic E-state index is -0.0425. The van der Waals surface area contributed by atoms with Crippen LogP contribution in [0, 0.1) is 0 Å². The van der Waals surface area contributed by atoms with Gasteiger partial charge in [0.25, 0.3) is 0 Å². The molecule has 1 unspecified atom stereocenters. The van der Waals surface area contributed by atoms with Crippen LogP contribution in [0.15, 0.2) is 12.1 Å². The van der Waals surface area contributed by atoms with Crippen molar-refractivity contribution in [1.29, 1.82) is 0 Å². The molecule has 0 heterocycles. The van der Waals surface area contributed by atoms with Gasteiger partial charge in [0, 0.05) is 0 Å². The van der Waals surface area contributed by atoms with Crippen LogP contribution in [0.3, 0.4) is 0 Å². The van der Waals surface area contributed by atoms with Crippen LogP contribution in [0.25, 0.3) is 0 Å². The summed E-state index contributed by atoms with van der Waals surface area (Å²) in [5.41, 5.74) is 7.80. The molecule has 70 valence electrons. The summed E-state index contributed by atoms with van der Waals surface area (Å²) in [5.74, 6) is 0.275. The Morgan fingerprint density at radius 3 is 2.69 bits per heavy atom. The van der Waals surface area contributed by atoms with Crippen LogP contribution < -0.4 is 5.73 Å². The Morgan fingerprint density at radius 1 is 1.31 bits per heavy atom. The lowest BCUT2D eigenvalue weighted by Crippen LogP contribution is -2.08. The van der Waals surface area contributed by atoms with Gasteiger partial charge in [0.05, 0.1) is 0 Å². The molecule has 1 aliphatic carbocycles. The van der Waals surface area contributed by atoms with Crippen LogP contribution in [-0.4, -0.2) is 16.8 Å². The van der Waals surface area contributed by atoms with E-state index in [-0.39, 0.29) is 11.5 Å². The van der Waals surface area contributed by atoms with Crippen molar-refractivity contribution in [3.63, 3.8) is 0 Å². The first kappa shape index (κ1) is 8.38. The van der Waals surface area contributed by atoms with Crippen LogP contribution in [0.2, 0.25) is 0 Å². The van der Waals surface area contributed by atoms with E-state index in [4.69, 9.17) is 5.73 Å². The number of rotatable bonds is 1. The van der Waals surface area contributed by atoms with E-state index in [1.807, 2.05) is 0 Å². The van der Waals surface area contributed by atoms with Crippen molar-refractivity contribution in [1.82, 2.24) is 0 Å². The third kappa shape index (κ3) is 1.25. The highest BCUT2D eigenvalue weighted by molar-refractivity contribution is 5.48. The Kier molecular flexibility index (Phi) is 1.88. The molecule has 0 aromatic heterocycles. The molecule has 2 rings (SSSR count). The predicted molar refractivity (Wildman–Crippen MR) is 49.9 cm³/mol. The molecule has 0 aliphatic heterocycles. The molecule has 0 saturated heterocycles. The fourth-order valence-corrected chi connectivity index (χ4v) is 1.96. The maximum Gasteiger partial charge on any atom is 0.157 e. The second kappa shape index (κ2) is 2.92. The summed E-state index contributed by atoms with van der Waals surface area (Å²) in [5, 5.41) is 18.6. The summed E-state index contributed by atoms with van der Waals surface area (Å²) in [6, 6.07) is 3.27. The van der Waals surface area contributed by atoms with Crippen molar-refractivity contribution < 1.29 is 10.2 Å². The number of hydrogen-bond donors (Lipinski definition) is 3. The number of phenolic OH excluding ortho intramolecular Hbond substituents is 2. The minimum Gasteiger partial charge on any atom is -0.504 e. The first-order valence-electron chi connectivity index (χ1n) is 4.47. The minimum absolute atomic E-state index is 0.0311. The van der Waals surface area contributed by atoms with Crippen LogP contribution >= 0.6 is 0 Å². The van der Waals surface area contributed by atoms with Crippen LogP contribution in [0.1, 0.15) is 23.5 Å². The lowest BCUT2D eigenvalue weighted by molar-refractivity contribution is 0.402. The largest absolute Gasteiger partial charge is 0.504 e. The highest BCUT2D eigenvalue weighted by atomic mass is 16.3. The van der Waals surface area contributed by atoms with Gasteiger partial charge < -0.3 is 15.9 Å². The van der Waals surface area contributed by atoms with E-state index in [9.17, 15) is 10.2 Å². The molecular weight excluding hydrogens is 166 g/mol. The van der Waals surface area contributed by atoms with Crippen LogP contribution in [0.5, 0.6) is 11.5 Å². The molecule has 1 atom stereocenters. The van der Waals surface area contributed by atoms with E-state index >= 15 is 0 Å². The highest BCUT2D eigenvalue weighted by Crippen LogP contribution is 2.38. The van der Waals surface area contributed by atoms with Crippen molar-refractivity contribution >= 4 is 0 Å². The molecule has 3 heteroatoms. The third-order valence-corrected chi connectivity index (χ3v) is 2.72. The summed E-state index contributed by atoms with van der Waals surface area (Å²) in [6.45, 7) is 0.608. The number of aromatic hydroxyl groups is 2. The SMILES string of the molecule is NCC1CCc2cc(O)c(O)cc21. The monoisotopic (exact) mass is 179 g/mol. The van der Waals surface area contributed by atoms with E-state index in [1.165, 1.54) is 0 Å². The first-order valence-corrected chi connectivity index (χ1v) is 4.47. The molecule has 0 radical (unpaired) electrons. The predicted octanol–water partition coefficient (Wildman–Crippen LogP) is 1.09. The zero-order valence-electron chi connectivity index (χ0n) is 7.33. The second-order valence-corrected chi connectivity index (χ2v) is 3.51. The van der Waals surface area contributed by atoms with Crippen molar-refractivity contribution in [2.24, 2.45) is 5.73 Å². The molecule has 1 aliphatic rings. The zero-order chi connectivity index (χ0) is 9.42. The van der Waals surface area contributed by atoms with Crippen LogP contribution in [-0.2, 0) is 6.42 Å². The maximum absolute atomic E-state index is 9.31. The number of phenols is 2. The molecule has 0 saturated carbocycles. The normalized spacial score (nSPS) is 20.2. The van der Waals surface area contributed by atoms with Crippen molar-refractivity contribution in [2.75, 3.05) is 6.54 Å².